The lowest BCUT2D eigenvalue weighted by atomic mass is 9.91. The van der Waals surface area contributed by atoms with Crippen LogP contribution in [0, 0.1) is 0 Å². The van der Waals surface area contributed by atoms with Gasteiger partial charge in [0, 0.05) is 15.6 Å². The predicted octanol–water partition coefficient (Wildman–Crippen LogP) is 4.02. The molecule has 2 atom stereocenters. The summed E-state index contributed by atoms with van der Waals surface area (Å²) in [6.07, 6.45) is 0.0986. The summed E-state index contributed by atoms with van der Waals surface area (Å²) in [5.41, 5.74) is 1.49. The van der Waals surface area contributed by atoms with E-state index in [0.29, 0.717) is 33.3 Å². The number of hydrogen-bond acceptors (Lipinski definition) is 3. The molecule has 5 heteroatoms. The van der Waals surface area contributed by atoms with Gasteiger partial charge < -0.3 is 9.84 Å². The zero-order valence-corrected chi connectivity index (χ0v) is 14.0. The van der Waals surface area contributed by atoms with Crippen LogP contribution in [0.1, 0.15) is 40.7 Å². The minimum Gasteiger partial charge on any atom is -0.488 e. The molecular formula is C18H15BrO4. The second kappa shape index (κ2) is 6.16. The first kappa shape index (κ1) is 15.7. The molecule has 3 rings (SSSR count). The van der Waals surface area contributed by atoms with E-state index in [-0.39, 0.29) is 5.78 Å². The molecule has 0 saturated carbocycles. The van der Waals surface area contributed by atoms with E-state index in [1.54, 1.807) is 36.4 Å². The first-order valence-electron chi connectivity index (χ1n) is 7.35. The maximum Gasteiger partial charge on any atom is 0.314 e. The highest BCUT2D eigenvalue weighted by molar-refractivity contribution is 9.10. The van der Waals surface area contributed by atoms with Crippen molar-refractivity contribution in [1.29, 1.82) is 0 Å². The molecular weight excluding hydrogens is 360 g/mol. The van der Waals surface area contributed by atoms with Crippen molar-refractivity contribution in [3.8, 4) is 5.75 Å². The SMILES string of the molecule is CCC1Oc2c(C(=O)c3ccccc3)cc(Br)cc2C1C(=O)O. The average molecular weight is 375 g/mol. The summed E-state index contributed by atoms with van der Waals surface area (Å²) < 4.78 is 6.50. The molecule has 4 nitrogen and oxygen atoms in total. The van der Waals surface area contributed by atoms with E-state index in [4.69, 9.17) is 4.74 Å². The lowest BCUT2D eigenvalue weighted by Crippen LogP contribution is -2.24. The van der Waals surface area contributed by atoms with Crippen molar-refractivity contribution in [3.63, 3.8) is 0 Å². The van der Waals surface area contributed by atoms with Crippen LogP contribution in [-0.2, 0) is 4.79 Å². The van der Waals surface area contributed by atoms with Gasteiger partial charge in [-0.2, -0.15) is 0 Å². The molecule has 1 heterocycles. The Hall–Kier alpha value is -2.14. The Morgan fingerprint density at radius 2 is 1.91 bits per heavy atom. The molecule has 1 aliphatic heterocycles. The van der Waals surface area contributed by atoms with E-state index in [1.165, 1.54) is 0 Å². The maximum atomic E-state index is 12.8. The summed E-state index contributed by atoms with van der Waals surface area (Å²) in [6.45, 7) is 1.88. The number of fused-ring (bicyclic) bond motifs is 1. The summed E-state index contributed by atoms with van der Waals surface area (Å²) >= 11 is 3.37. The van der Waals surface area contributed by atoms with E-state index in [0.717, 1.165) is 0 Å². The number of carboxylic acids is 1. The molecule has 0 fully saturated rings. The number of rotatable bonds is 4. The number of aliphatic carboxylic acids is 1. The summed E-state index contributed by atoms with van der Waals surface area (Å²) in [6, 6.07) is 12.3. The summed E-state index contributed by atoms with van der Waals surface area (Å²) in [7, 11) is 0. The third-order valence-electron chi connectivity index (χ3n) is 4.01. The molecule has 0 aromatic heterocycles. The van der Waals surface area contributed by atoms with Gasteiger partial charge in [0.1, 0.15) is 17.8 Å². The van der Waals surface area contributed by atoms with Gasteiger partial charge >= 0.3 is 5.97 Å². The fourth-order valence-electron chi connectivity index (χ4n) is 2.92. The number of ether oxygens (including phenoxy) is 1. The molecule has 0 bridgehead atoms. The number of carboxylic acid groups (broad SMARTS) is 1. The number of halogens is 1. The number of carbonyl (C=O) groups excluding carboxylic acids is 1. The molecule has 0 saturated heterocycles. The minimum absolute atomic E-state index is 0.177. The van der Waals surface area contributed by atoms with Crippen LogP contribution < -0.4 is 4.74 Å². The number of ketones is 1. The standard InChI is InChI=1S/C18H15BrO4/c1-2-14-15(18(21)22)12-8-11(19)9-13(17(12)23-14)16(20)10-6-4-3-5-7-10/h3-9,14-15H,2H2,1H3,(H,21,22). The van der Waals surface area contributed by atoms with Crippen molar-refractivity contribution in [2.75, 3.05) is 0 Å². The van der Waals surface area contributed by atoms with E-state index in [1.807, 2.05) is 13.0 Å². The third kappa shape index (κ3) is 2.77. The van der Waals surface area contributed by atoms with E-state index in [9.17, 15) is 14.7 Å². The molecule has 0 spiro atoms. The monoisotopic (exact) mass is 374 g/mol. The highest BCUT2D eigenvalue weighted by Gasteiger charge is 2.41. The molecule has 2 aromatic carbocycles. The number of benzene rings is 2. The van der Waals surface area contributed by atoms with Crippen LogP contribution in [0.3, 0.4) is 0 Å². The largest absolute Gasteiger partial charge is 0.488 e. The molecule has 23 heavy (non-hydrogen) atoms. The predicted molar refractivity (Wildman–Crippen MR) is 89.1 cm³/mol. The zero-order chi connectivity index (χ0) is 16.6. The normalized spacial score (nSPS) is 19.0. The smallest absolute Gasteiger partial charge is 0.314 e. The quantitative estimate of drug-likeness (QED) is 0.820. The van der Waals surface area contributed by atoms with Gasteiger partial charge in [-0.25, -0.2) is 0 Å². The summed E-state index contributed by atoms with van der Waals surface area (Å²) in [5.74, 6) is -1.48. The fraction of sp³-hybridized carbons (Fsp3) is 0.222. The van der Waals surface area contributed by atoms with Crippen molar-refractivity contribution >= 4 is 27.7 Å². The van der Waals surface area contributed by atoms with Crippen molar-refractivity contribution in [1.82, 2.24) is 0 Å². The van der Waals surface area contributed by atoms with Crippen LogP contribution in [0.25, 0.3) is 0 Å². The third-order valence-corrected chi connectivity index (χ3v) is 4.47. The molecule has 2 aromatic rings. The second-order valence-corrected chi connectivity index (χ2v) is 6.36. The van der Waals surface area contributed by atoms with Crippen LogP contribution in [0.15, 0.2) is 46.9 Å². The lowest BCUT2D eigenvalue weighted by Gasteiger charge is -2.12. The maximum absolute atomic E-state index is 12.8. The summed E-state index contributed by atoms with van der Waals surface area (Å²) in [5, 5.41) is 9.52. The molecule has 0 aliphatic carbocycles. The van der Waals surface area contributed by atoms with Crippen molar-refractivity contribution in [3.05, 3.63) is 63.6 Å². The van der Waals surface area contributed by atoms with Crippen LogP contribution in [0.5, 0.6) is 5.75 Å². The van der Waals surface area contributed by atoms with Crippen LogP contribution >= 0.6 is 15.9 Å². The van der Waals surface area contributed by atoms with Crippen LogP contribution in [0.4, 0.5) is 0 Å². The van der Waals surface area contributed by atoms with Crippen LogP contribution in [0.2, 0.25) is 0 Å². The molecule has 118 valence electrons. The number of carbonyl (C=O) groups is 2. The Kier molecular flexibility index (Phi) is 4.22. The van der Waals surface area contributed by atoms with Gasteiger partial charge in [-0.1, -0.05) is 53.2 Å². The Morgan fingerprint density at radius 3 is 2.52 bits per heavy atom. The van der Waals surface area contributed by atoms with Gasteiger partial charge in [0.05, 0.1) is 5.56 Å². The molecule has 2 unspecified atom stereocenters. The lowest BCUT2D eigenvalue weighted by molar-refractivity contribution is -0.140. The van der Waals surface area contributed by atoms with Gasteiger partial charge in [-0.3, -0.25) is 9.59 Å². The first-order chi connectivity index (χ1) is 11.0. The van der Waals surface area contributed by atoms with Gasteiger partial charge in [-0.05, 0) is 18.6 Å². The highest BCUT2D eigenvalue weighted by Crippen LogP contribution is 2.44. The Balaban J connectivity index is 2.13. The van der Waals surface area contributed by atoms with Gasteiger partial charge in [0.25, 0.3) is 0 Å². The Morgan fingerprint density at radius 1 is 1.22 bits per heavy atom. The van der Waals surface area contributed by atoms with E-state index < -0.39 is 18.0 Å². The highest BCUT2D eigenvalue weighted by atomic mass is 79.9. The van der Waals surface area contributed by atoms with Gasteiger partial charge in [0.2, 0.25) is 0 Å². The minimum atomic E-state index is -0.938. The van der Waals surface area contributed by atoms with Gasteiger partial charge in [-0.15, -0.1) is 0 Å². The Labute approximate surface area is 142 Å². The fourth-order valence-corrected chi connectivity index (χ4v) is 3.40. The molecule has 0 radical (unpaired) electrons. The average Bonchev–Trinajstić information content (AvgIpc) is 2.92. The number of hydrogen-bond donors (Lipinski definition) is 1. The summed E-state index contributed by atoms with van der Waals surface area (Å²) in [4.78, 5) is 24.4. The zero-order valence-electron chi connectivity index (χ0n) is 12.5. The van der Waals surface area contributed by atoms with Crippen LogP contribution in [-0.4, -0.2) is 23.0 Å². The van der Waals surface area contributed by atoms with Crippen molar-refractivity contribution < 1.29 is 19.4 Å². The van der Waals surface area contributed by atoms with E-state index >= 15 is 0 Å². The Bertz CT molecular complexity index is 770. The van der Waals surface area contributed by atoms with Crippen molar-refractivity contribution in [2.45, 2.75) is 25.4 Å². The molecule has 1 N–H and O–H groups in total. The second-order valence-electron chi connectivity index (χ2n) is 5.45. The van der Waals surface area contributed by atoms with Crippen molar-refractivity contribution in [2.24, 2.45) is 0 Å². The topological polar surface area (TPSA) is 63.6 Å². The first-order valence-corrected chi connectivity index (χ1v) is 8.15. The molecule has 0 amide bonds. The molecule has 1 aliphatic rings. The van der Waals surface area contributed by atoms with Gasteiger partial charge in [0.15, 0.2) is 5.78 Å². The van der Waals surface area contributed by atoms with E-state index in [2.05, 4.69) is 15.9 Å².